The zero-order valence-corrected chi connectivity index (χ0v) is 8.98. The first-order chi connectivity index (χ1) is 7.93. The van der Waals surface area contributed by atoms with Crippen molar-refractivity contribution in [3.8, 4) is 5.88 Å². The molecule has 16 heavy (non-hydrogen) atoms. The molecule has 1 aliphatic rings. The van der Waals surface area contributed by atoms with Crippen LogP contribution < -0.4 is 10.1 Å². The van der Waals surface area contributed by atoms with Gasteiger partial charge in [0.15, 0.2) is 0 Å². The summed E-state index contributed by atoms with van der Waals surface area (Å²) in [4.78, 5) is 4.26. The molecule has 2 aromatic heterocycles. The lowest BCUT2D eigenvalue weighted by atomic mass is 10.1. The molecule has 3 heterocycles. The van der Waals surface area contributed by atoms with Gasteiger partial charge in [-0.05, 0) is 31.5 Å². The van der Waals surface area contributed by atoms with Crippen molar-refractivity contribution in [3.05, 3.63) is 24.6 Å². The van der Waals surface area contributed by atoms with Gasteiger partial charge in [0.2, 0.25) is 5.88 Å². The van der Waals surface area contributed by atoms with Crippen LogP contribution in [0.4, 0.5) is 0 Å². The number of rotatable bonds is 2. The molecule has 0 unspecified atom stereocenters. The van der Waals surface area contributed by atoms with Crippen molar-refractivity contribution >= 4 is 11.0 Å². The summed E-state index contributed by atoms with van der Waals surface area (Å²) < 4.78 is 11.2. The highest BCUT2D eigenvalue weighted by atomic mass is 16.5. The third kappa shape index (κ3) is 1.76. The molecule has 3 rings (SSSR count). The maximum Gasteiger partial charge on any atom is 0.224 e. The molecule has 1 saturated heterocycles. The summed E-state index contributed by atoms with van der Waals surface area (Å²) in [5, 5.41) is 4.27. The van der Waals surface area contributed by atoms with E-state index in [-0.39, 0.29) is 6.10 Å². The number of furan rings is 1. The largest absolute Gasteiger partial charge is 0.472 e. The molecule has 0 bridgehead atoms. The number of nitrogens with zero attached hydrogens (tertiary/aromatic N) is 1. The van der Waals surface area contributed by atoms with Crippen molar-refractivity contribution in [2.45, 2.75) is 18.9 Å². The van der Waals surface area contributed by atoms with Crippen LogP contribution >= 0.6 is 0 Å². The monoisotopic (exact) mass is 218 g/mol. The molecule has 0 spiro atoms. The summed E-state index contributed by atoms with van der Waals surface area (Å²) in [6.45, 7) is 1.99. The third-order valence-corrected chi connectivity index (χ3v) is 2.87. The highest BCUT2D eigenvalue weighted by Gasteiger charge is 2.16. The standard InChI is InChI=1S/C12H14N2O2/c1-2-9(8-13-5-1)16-12-10-4-7-15-11(10)3-6-14-12/h3-4,6-7,9,13H,1-2,5,8H2/t9-/m0/s1. The second kappa shape index (κ2) is 4.14. The van der Waals surface area contributed by atoms with Gasteiger partial charge < -0.3 is 14.5 Å². The molecular formula is C12H14N2O2. The highest BCUT2D eigenvalue weighted by molar-refractivity contribution is 5.81. The molecule has 0 saturated carbocycles. The van der Waals surface area contributed by atoms with Crippen LogP contribution in [-0.4, -0.2) is 24.2 Å². The van der Waals surface area contributed by atoms with E-state index in [1.165, 1.54) is 0 Å². The van der Waals surface area contributed by atoms with E-state index in [1.54, 1.807) is 12.5 Å². The summed E-state index contributed by atoms with van der Waals surface area (Å²) in [5.41, 5.74) is 0.828. The van der Waals surface area contributed by atoms with Crippen LogP contribution in [0.2, 0.25) is 0 Å². The van der Waals surface area contributed by atoms with Gasteiger partial charge in [-0.1, -0.05) is 0 Å². The molecule has 4 nitrogen and oxygen atoms in total. The summed E-state index contributed by atoms with van der Waals surface area (Å²) in [6.07, 6.45) is 5.85. The molecule has 84 valence electrons. The molecule has 0 radical (unpaired) electrons. The Bertz CT molecular complexity index is 475. The van der Waals surface area contributed by atoms with Crippen molar-refractivity contribution in [2.24, 2.45) is 0 Å². The van der Waals surface area contributed by atoms with Gasteiger partial charge in [-0.25, -0.2) is 4.98 Å². The van der Waals surface area contributed by atoms with E-state index in [0.29, 0.717) is 5.88 Å². The van der Waals surface area contributed by atoms with Gasteiger partial charge in [-0.2, -0.15) is 0 Å². The van der Waals surface area contributed by atoms with Gasteiger partial charge in [0.25, 0.3) is 0 Å². The van der Waals surface area contributed by atoms with Crippen LogP contribution in [0.5, 0.6) is 5.88 Å². The molecular weight excluding hydrogens is 204 g/mol. The molecule has 1 N–H and O–H groups in total. The maximum absolute atomic E-state index is 5.89. The zero-order chi connectivity index (χ0) is 10.8. The number of fused-ring (bicyclic) bond motifs is 1. The van der Waals surface area contributed by atoms with Crippen LogP contribution in [0.1, 0.15) is 12.8 Å². The number of aromatic nitrogens is 1. The first kappa shape index (κ1) is 9.66. The fourth-order valence-corrected chi connectivity index (χ4v) is 2.04. The van der Waals surface area contributed by atoms with Crippen LogP contribution in [-0.2, 0) is 0 Å². The Morgan fingerprint density at radius 3 is 3.31 bits per heavy atom. The lowest BCUT2D eigenvalue weighted by Crippen LogP contribution is -2.37. The number of piperidine rings is 1. The minimum atomic E-state index is 0.224. The van der Waals surface area contributed by atoms with E-state index >= 15 is 0 Å². The zero-order valence-electron chi connectivity index (χ0n) is 8.98. The Hall–Kier alpha value is -1.55. The first-order valence-electron chi connectivity index (χ1n) is 5.63. The molecule has 0 aliphatic carbocycles. The first-order valence-corrected chi connectivity index (χ1v) is 5.63. The Balaban J connectivity index is 1.85. The molecule has 0 aromatic carbocycles. The van der Waals surface area contributed by atoms with Gasteiger partial charge in [0, 0.05) is 12.7 Å². The lowest BCUT2D eigenvalue weighted by Gasteiger charge is -2.23. The maximum atomic E-state index is 5.89. The third-order valence-electron chi connectivity index (χ3n) is 2.87. The van der Waals surface area contributed by atoms with E-state index < -0.39 is 0 Å². The predicted molar refractivity (Wildman–Crippen MR) is 60.5 cm³/mol. The van der Waals surface area contributed by atoms with E-state index in [2.05, 4.69) is 10.3 Å². The van der Waals surface area contributed by atoms with Gasteiger partial charge in [0.05, 0.1) is 11.6 Å². The topological polar surface area (TPSA) is 47.3 Å². The van der Waals surface area contributed by atoms with Crippen LogP contribution in [0, 0.1) is 0 Å². The second-order valence-electron chi connectivity index (χ2n) is 4.03. The molecule has 1 fully saturated rings. The fourth-order valence-electron chi connectivity index (χ4n) is 2.04. The average Bonchev–Trinajstić information content (AvgIpc) is 2.80. The van der Waals surface area contributed by atoms with E-state index in [0.717, 1.165) is 36.9 Å². The lowest BCUT2D eigenvalue weighted by molar-refractivity contribution is 0.163. The Morgan fingerprint density at radius 2 is 2.44 bits per heavy atom. The summed E-state index contributed by atoms with van der Waals surface area (Å²) in [7, 11) is 0. The second-order valence-corrected chi connectivity index (χ2v) is 4.03. The molecule has 4 heteroatoms. The highest BCUT2D eigenvalue weighted by Crippen LogP contribution is 2.25. The van der Waals surface area contributed by atoms with E-state index in [1.807, 2.05) is 12.1 Å². The number of ether oxygens (including phenoxy) is 1. The van der Waals surface area contributed by atoms with E-state index in [9.17, 15) is 0 Å². The average molecular weight is 218 g/mol. The minimum absolute atomic E-state index is 0.224. The van der Waals surface area contributed by atoms with Crippen LogP contribution in [0.3, 0.4) is 0 Å². The van der Waals surface area contributed by atoms with Gasteiger partial charge in [-0.3, -0.25) is 0 Å². The van der Waals surface area contributed by atoms with Crippen LogP contribution in [0.25, 0.3) is 11.0 Å². The molecule has 2 aromatic rings. The predicted octanol–water partition coefficient (Wildman–Crippen LogP) is 1.96. The summed E-state index contributed by atoms with van der Waals surface area (Å²) in [6, 6.07) is 3.75. The van der Waals surface area contributed by atoms with Crippen molar-refractivity contribution in [2.75, 3.05) is 13.1 Å². The number of nitrogens with one attached hydrogen (secondary N) is 1. The van der Waals surface area contributed by atoms with E-state index in [4.69, 9.17) is 9.15 Å². The van der Waals surface area contributed by atoms with Gasteiger partial charge >= 0.3 is 0 Å². The molecule has 0 amide bonds. The smallest absolute Gasteiger partial charge is 0.224 e. The Labute approximate surface area is 93.6 Å². The summed E-state index contributed by atoms with van der Waals surface area (Å²) in [5.74, 6) is 0.681. The number of pyridine rings is 1. The van der Waals surface area contributed by atoms with Gasteiger partial charge in [-0.15, -0.1) is 0 Å². The van der Waals surface area contributed by atoms with Crippen molar-refractivity contribution in [3.63, 3.8) is 0 Å². The Morgan fingerprint density at radius 1 is 1.44 bits per heavy atom. The number of hydrogen-bond acceptors (Lipinski definition) is 4. The van der Waals surface area contributed by atoms with Crippen molar-refractivity contribution < 1.29 is 9.15 Å². The SMILES string of the molecule is c1cc2occc2c(O[C@H]2CCCNC2)n1. The van der Waals surface area contributed by atoms with Crippen LogP contribution in [0.15, 0.2) is 29.0 Å². The van der Waals surface area contributed by atoms with Crippen molar-refractivity contribution in [1.82, 2.24) is 10.3 Å². The molecule has 1 aliphatic heterocycles. The quantitative estimate of drug-likeness (QED) is 0.837. The number of hydrogen-bond donors (Lipinski definition) is 1. The normalized spacial score (nSPS) is 21.1. The van der Waals surface area contributed by atoms with Gasteiger partial charge in [0.1, 0.15) is 11.7 Å². The molecule has 1 atom stereocenters. The summed E-state index contributed by atoms with van der Waals surface area (Å²) >= 11 is 0. The minimum Gasteiger partial charge on any atom is -0.472 e. The fraction of sp³-hybridized carbons (Fsp3) is 0.417. The Kier molecular flexibility index (Phi) is 2.50. The van der Waals surface area contributed by atoms with Crippen molar-refractivity contribution in [1.29, 1.82) is 0 Å².